The lowest BCUT2D eigenvalue weighted by molar-refractivity contribution is 0.215. The van der Waals surface area contributed by atoms with Gasteiger partial charge in [0.15, 0.2) is 0 Å². The van der Waals surface area contributed by atoms with Crippen LogP contribution in [0.1, 0.15) is 43.7 Å². The van der Waals surface area contributed by atoms with Crippen molar-refractivity contribution in [1.29, 1.82) is 0 Å². The fraction of sp³-hybridized carbons (Fsp3) is 0.321. The Hall–Kier alpha value is -2.98. The van der Waals surface area contributed by atoms with Crippen LogP contribution in [-0.4, -0.2) is 34.1 Å². The SMILES string of the molecule is CC.Fc1ccc(-n2cc(C3CCN(CCc4ccccc4)CC3)c3ccncc32)cc1. The molecule has 0 atom stereocenters. The Balaban J connectivity index is 0.00000119. The highest BCUT2D eigenvalue weighted by atomic mass is 19.1. The molecule has 0 bridgehead atoms. The lowest BCUT2D eigenvalue weighted by atomic mass is 9.89. The Morgan fingerprint density at radius 1 is 0.938 bits per heavy atom. The van der Waals surface area contributed by atoms with Crippen molar-refractivity contribution in [2.45, 2.75) is 39.0 Å². The van der Waals surface area contributed by atoms with Crippen LogP contribution in [0.4, 0.5) is 4.39 Å². The van der Waals surface area contributed by atoms with E-state index in [0.29, 0.717) is 5.92 Å². The minimum atomic E-state index is -0.212. The molecule has 0 saturated carbocycles. The summed E-state index contributed by atoms with van der Waals surface area (Å²) in [5.41, 5.74) is 4.86. The van der Waals surface area contributed by atoms with E-state index in [2.05, 4.69) is 57.0 Å². The normalized spacial score (nSPS) is 14.8. The number of hydrogen-bond donors (Lipinski definition) is 0. The molecular weight excluding hydrogens is 397 g/mol. The highest BCUT2D eigenvalue weighted by Crippen LogP contribution is 2.35. The van der Waals surface area contributed by atoms with Crippen molar-refractivity contribution in [2.24, 2.45) is 0 Å². The quantitative estimate of drug-likeness (QED) is 0.356. The third kappa shape index (κ3) is 4.91. The van der Waals surface area contributed by atoms with E-state index in [4.69, 9.17) is 0 Å². The van der Waals surface area contributed by atoms with Gasteiger partial charge >= 0.3 is 0 Å². The Morgan fingerprint density at radius 3 is 2.38 bits per heavy atom. The molecule has 3 nitrogen and oxygen atoms in total. The van der Waals surface area contributed by atoms with Crippen LogP contribution in [0.5, 0.6) is 0 Å². The number of rotatable bonds is 5. The maximum absolute atomic E-state index is 13.4. The van der Waals surface area contributed by atoms with Gasteiger partial charge in [-0.05, 0) is 79.7 Å². The number of halogens is 1. The molecule has 1 fully saturated rings. The second-order valence-electron chi connectivity index (χ2n) is 8.18. The lowest BCUT2D eigenvalue weighted by Crippen LogP contribution is -2.34. The third-order valence-electron chi connectivity index (χ3n) is 6.33. The number of pyridine rings is 1. The van der Waals surface area contributed by atoms with Crippen LogP contribution < -0.4 is 0 Å². The number of aromatic nitrogens is 2. The van der Waals surface area contributed by atoms with Gasteiger partial charge in [0.05, 0.1) is 11.7 Å². The Morgan fingerprint density at radius 2 is 1.66 bits per heavy atom. The van der Waals surface area contributed by atoms with Gasteiger partial charge in [0, 0.05) is 30.0 Å². The number of benzene rings is 2. The third-order valence-corrected chi connectivity index (χ3v) is 6.33. The largest absolute Gasteiger partial charge is 0.315 e. The molecule has 0 amide bonds. The molecule has 4 aromatic rings. The Labute approximate surface area is 190 Å². The van der Waals surface area contributed by atoms with E-state index in [0.717, 1.165) is 37.3 Å². The fourth-order valence-corrected chi connectivity index (χ4v) is 4.64. The topological polar surface area (TPSA) is 21.1 Å². The minimum absolute atomic E-state index is 0.212. The molecule has 3 heterocycles. The maximum Gasteiger partial charge on any atom is 0.123 e. The van der Waals surface area contributed by atoms with Gasteiger partial charge in [0.25, 0.3) is 0 Å². The molecule has 1 aliphatic rings. The Bertz CT molecular complexity index is 1110. The molecule has 0 N–H and O–H groups in total. The van der Waals surface area contributed by atoms with Crippen LogP contribution in [0, 0.1) is 5.82 Å². The van der Waals surface area contributed by atoms with Gasteiger partial charge in [-0.25, -0.2) is 4.39 Å². The van der Waals surface area contributed by atoms with Crippen LogP contribution in [0.3, 0.4) is 0 Å². The number of nitrogens with zero attached hydrogens (tertiary/aromatic N) is 3. The molecule has 0 radical (unpaired) electrons. The van der Waals surface area contributed by atoms with Crippen LogP contribution in [0.2, 0.25) is 0 Å². The van der Waals surface area contributed by atoms with Gasteiger partial charge in [0.1, 0.15) is 5.82 Å². The highest BCUT2D eigenvalue weighted by molar-refractivity contribution is 5.85. The highest BCUT2D eigenvalue weighted by Gasteiger charge is 2.24. The van der Waals surface area contributed by atoms with Gasteiger partial charge in [0.2, 0.25) is 0 Å². The first kappa shape index (κ1) is 22.2. The van der Waals surface area contributed by atoms with Crippen LogP contribution in [-0.2, 0) is 6.42 Å². The average molecular weight is 430 g/mol. The molecule has 1 aliphatic heterocycles. The smallest absolute Gasteiger partial charge is 0.123 e. The van der Waals surface area contributed by atoms with Gasteiger partial charge in [-0.2, -0.15) is 0 Å². The van der Waals surface area contributed by atoms with Crippen molar-refractivity contribution in [3.8, 4) is 5.69 Å². The van der Waals surface area contributed by atoms with Gasteiger partial charge < -0.3 is 9.47 Å². The zero-order valence-corrected chi connectivity index (χ0v) is 19.0. The summed E-state index contributed by atoms with van der Waals surface area (Å²) in [4.78, 5) is 6.92. The van der Waals surface area contributed by atoms with E-state index >= 15 is 0 Å². The first-order valence-electron chi connectivity index (χ1n) is 11.7. The summed E-state index contributed by atoms with van der Waals surface area (Å²) in [6.45, 7) is 7.38. The number of hydrogen-bond acceptors (Lipinski definition) is 2. The number of piperidine rings is 1. The molecule has 32 heavy (non-hydrogen) atoms. The second-order valence-corrected chi connectivity index (χ2v) is 8.18. The van der Waals surface area contributed by atoms with E-state index in [9.17, 15) is 4.39 Å². The van der Waals surface area contributed by atoms with Crippen molar-refractivity contribution in [3.63, 3.8) is 0 Å². The summed E-state index contributed by atoms with van der Waals surface area (Å²) in [7, 11) is 0. The standard InChI is InChI=1S/C26H26FN3.C2H6/c27-22-6-8-23(9-7-22)30-19-25(24-10-14-28-18-26(24)30)21-12-16-29(17-13-21)15-11-20-4-2-1-3-5-20;1-2/h1-10,14,18-19,21H,11-13,15-17H2;1-2H3. The van der Waals surface area contributed by atoms with E-state index < -0.39 is 0 Å². The zero-order valence-electron chi connectivity index (χ0n) is 19.0. The maximum atomic E-state index is 13.4. The van der Waals surface area contributed by atoms with E-state index in [-0.39, 0.29) is 5.82 Å². The summed E-state index contributed by atoms with van der Waals surface area (Å²) >= 11 is 0. The second kappa shape index (κ2) is 10.6. The van der Waals surface area contributed by atoms with Crippen molar-refractivity contribution in [1.82, 2.24) is 14.5 Å². The molecule has 0 unspecified atom stereocenters. The number of fused-ring (bicyclic) bond motifs is 1. The summed E-state index contributed by atoms with van der Waals surface area (Å²) in [6, 6.07) is 19.6. The summed E-state index contributed by atoms with van der Waals surface area (Å²) < 4.78 is 15.5. The molecule has 1 saturated heterocycles. The fourth-order valence-electron chi connectivity index (χ4n) is 4.64. The lowest BCUT2D eigenvalue weighted by Gasteiger charge is -2.32. The van der Waals surface area contributed by atoms with Crippen molar-refractivity contribution in [3.05, 3.63) is 96.2 Å². The van der Waals surface area contributed by atoms with Gasteiger partial charge in [-0.1, -0.05) is 44.2 Å². The summed E-state index contributed by atoms with van der Waals surface area (Å²) in [5, 5.41) is 1.26. The average Bonchev–Trinajstić information content (AvgIpc) is 3.25. The minimum Gasteiger partial charge on any atom is -0.315 e. The molecular formula is C28H32FN3. The van der Waals surface area contributed by atoms with Crippen molar-refractivity contribution in [2.75, 3.05) is 19.6 Å². The van der Waals surface area contributed by atoms with Gasteiger partial charge in [-0.15, -0.1) is 0 Å². The molecule has 0 aliphatic carbocycles. The molecule has 5 rings (SSSR count). The summed E-state index contributed by atoms with van der Waals surface area (Å²) in [5.74, 6) is 0.334. The molecule has 166 valence electrons. The van der Waals surface area contributed by atoms with E-state index in [1.54, 1.807) is 0 Å². The Kier molecular flexibility index (Phi) is 7.33. The predicted molar refractivity (Wildman–Crippen MR) is 131 cm³/mol. The monoisotopic (exact) mass is 429 g/mol. The van der Waals surface area contributed by atoms with E-state index in [1.165, 1.54) is 41.5 Å². The first-order chi connectivity index (χ1) is 15.8. The first-order valence-corrected chi connectivity index (χ1v) is 11.7. The zero-order chi connectivity index (χ0) is 22.3. The van der Waals surface area contributed by atoms with E-state index in [1.807, 2.05) is 38.4 Å². The molecule has 2 aromatic heterocycles. The van der Waals surface area contributed by atoms with Crippen LogP contribution in [0.25, 0.3) is 16.6 Å². The molecule has 2 aromatic carbocycles. The summed E-state index contributed by atoms with van der Waals surface area (Å²) in [6.07, 6.45) is 9.47. The predicted octanol–water partition coefficient (Wildman–Crippen LogP) is 6.61. The molecule has 4 heteroatoms. The van der Waals surface area contributed by atoms with Crippen LogP contribution >= 0.6 is 0 Å². The van der Waals surface area contributed by atoms with Crippen molar-refractivity contribution >= 4 is 10.9 Å². The van der Waals surface area contributed by atoms with Crippen LogP contribution in [0.15, 0.2) is 79.3 Å². The number of likely N-dealkylation sites (tertiary alicyclic amines) is 1. The van der Waals surface area contributed by atoms with Gasteiger partial charge in [-0.3, -0.25) is 4.98 Å². The van der Waals surface area contributed by atoms with Crippen molar-refractivity contribution < 1.29 is 4.39 Å². The molecule has 0 spiro atoms.